The average molecular weight is 391 g/mol. The Bertz CT molecular complexity index is 1090. The van der Waals surface area contributed by atoms with Gasteiger partial charge in [0, 0.05) is 17.1 Å². The highest BCUT2D eigenvalue weighted by Crippen LogP contribution is 2.31. The molecule has 0 amide bonds. The van der Waals surface area contributed by atoms with E-state index in [0.717, 1.165) is 27.6 Å². The predicted molar refractivity (Wildman–Crippen MR) is 107 cm³/mol. The van der Waals surface area contributed by atoms with E-state index in [4.69, 9.17) is 9.84 Å². The number of benzene rings is 2. The van der Waals surface area contributed by atoms with E-state index in [1.165, 1.54) is 23.7 Å². The topological polar surface area (TPSA) is 77.2 Å². The summed E-state index contributed by atoms with van der Waals surface area (Å²) in [5.74, 6) is -0.217. The molecule has 0 atom stereocenters. The molecule has 0 unspecified atom stereocenters. The summed E-state index contributed by atoms with van der Waals surface area (Å²) >= 11 is 1.51. The van der Waals surface area contributed by atoms with Gasteiger partial charge >= 0.3 is 5.97 Å². The second-order valence-electron chi connectivity index (χ2n) is 6.13. The Kier molecular flexibility index (Phi) is 5.16. The maximum atomic E-state index is 11.0. The summed E-state index contributed by atoms with van der Waals surface area (Å²) in [5.41, 5.74) is 3.02. The summed E-state index contributed by atoms with van der Waals surface area (Å²) < 4.78 is 7.59. The van der Waals surface area contributed by atoms with Crippen LogP contribution in [0.5, 0.6) is 5.75 Å². The molecule has 140 valence electrons. The normalized spacial score (nSPS) is 10.7. The smallest absolute Gasteiger partial charge is 0.338 e. The first-order valence-electron chi connectivity index (χ1n) is 8.65. The van der Waals surface area contributed by atoms with Crippen LogP contribution in [0, 0.1) is 0 Å². The molecule has 1 N–H and O–H groups in total. The number of carboxylic acid groups (broad SMARTS) is 1. The van der Waals surface area contributed by atoms with Crippen LogP contribution in [0.2, 0.25) is 0 Å². The fraction of sp³-hybridized carbons (Fsp3) is 0.0952. The van der Waals surface area contributed by atoms with Crippen LogP contribution in [-0.4, -0.2) is 25.8 Å². The minimum atomic E-state index is -0.990. The molecule has 0 saturated carbocycles. The van der Waals surface area contributed by atoms with Gasteiger partial charge in [-0.1, -0.05) is 42.5 Å². The Morgan fingerprint density at radius 1 is 1.11 bits per heavy atom. The first kappa shape index (κ1) is 17.9. The minimum absolute atomic E-state index is 0.163. The van der Waals surface area contributed by atoms with Crippen molar-refractivity contribution in [3.63, 3.8) is 0 Å². The quantitative estimate of drug-likeness (QED) is 0.507. The largest absolute Gasteiger partial charge is 0.488 e. The average Bonchev–Trinajstić information content (AvgIpc) is 3.38. The van der Waals surface area contributed by atoms with Gasteiger partial charge in [-0.15, -0.1) is 11.3 Å². The lowest BCUT2D eigenvalue weighted by molar-refractivity contribution is 0.0696. The van der Waals surface area contributed by atoms with E-state index in [-0.39, 0.29) is 5.56 Å². The summed E-state index contributed by atoms with van der Waals surface area (Å²) in [6, 6.07) is 17.8. The van der Waals surface area contributed by atoms with Crippen LogP contribution < -0.4 is 4.74 Å². The summed E-state index contributed by atoms with van der Waals surface area (Å²) in [6.45, 7) is 0.908. The van der Waals surface area contributed by atoms with E-state index < -0.39 is 5.97 Å². The van der Waals surface area contributed by atoms with Gasteiger partial charge in [0.25, 0.3) is 0 Å². The number of hydrogen-bond donors (Lipinski definition) is 1. The predicted octanol–water partition coefficient (Wildman–Crippen LogP) is 4.33. The molecule has 0 aliphatic carbocycles. The van der Waals surface area contributed by atoms with E-state index in [0.29, 0.717) is 13.2 Å². The fourth-order valence-electron chi connectivity index (χ4n) is 2.75. The molecule has 28 heavy (non-hydrogen) atoms. The number of nitrogens with zero attached hydrogens (tertiary/aromatic N) is 3. The zero-order valence-electron chi connectivity index (χ0n) is 14.9. The van der Waals surface area contributed by atoms with Crippen molar-refractivity contribution in [3.8, 4) is 17.0 Å². The number of carbonyl (C=O) groups is 1. The van der Waals surface area contributed by atoms with Crippen LogP contribution in [0.25, 0.3) is 11.3 Å². The Morgan fingerprint density at radius 2 is 1.89 bits per heavy atom. The van der Waals surface area contributed by atoms with E-state index in [2.05, 4.69) is 10.1 Å². The minimum Gasteiger partial charge on any atom is -0.488 e. The number of ether oxygens (including phenoxy) is 1. The van der Waals surface area contributed by atoms with Crippen molar-refractivity contribution in [2.75, 3.05) is 0 Å². The molecule has 0 bridgehead atoms. The summed E-state index contributed by atoms with van der Waals surface area (Å²) in [6.07, 6.45) is 2.84. The molecule has 2 heterocycles. The zero-order chi connectivity index (χ0) is 19.3. The SMILES string of the molecule is O=C(O)c1cnn(Cc2nc(-c3ccccc3OCc3ccccc3)cs2)c1. The molecule has 6 nitrogen and oxygen atoms in total. The lowest BCUT2D eigenvalue weighted by Crippen LogP contribution is -2.00. The molecule has 2 aromatic heterocycles. The Hall–Kier alpha value is -3.45. The van der Waals surface area contributed by atoms with Gasteiger partial charge in [-0.05, 0) is 17.7 Å². The fourth-order valence-corrected chi connectivity index (χ4v) is 3.53. The van der Waals surface area contributed by atoms with E-state index in [1.54, 1.807) is 4.68 Å². The zero-order valence-corrected chi connectivity index (χ0v) is 15.7. The third-order valence-electron chi connectivity index (χ3n) is 4.13. The van der Waals surface area contributed by atoms with Gasteiger partial charge < -0.3 is 9.84 Å². The summed E-state index contributed by atoms with van der Waals surface area (Å²) in [4.78, 5) is 15.7. The Balaban J connectivity index is 1.51. The summed E-state index contributed by atoms with van der Waals surface area (Å²) in [5, 5.41) is 15.9. The lowest BCUT2D eigenvalue weighted by atomic mass is 10.1. The third kappa shape index (κ3) is 4.10. The van der Waals surface area contributed by atoms with Crippen LogP contribution in [0.3, 0.4) is 0 Å². The molecule has 0 aliphatic heterocycles. The van der Waals surface area contributed by atoms with E-state index in [9.17, 15) is 4.79 Å². The Labute approximate surface area is 165 Å². The molecule has 7 heteroatoms. The molecule has 0 fully saturated rings. The molecular weight excluding hydrogens is 374 g/mol. The van der Waals surface area contributed by atoms with Crippen molar-refractivity contribution >= 4 is 17.3 Å². The highest BCUT2D eigenvalue weighted by Gasteiger charge is 2.12. The van der Waals surface area contributed by atoms with Crippen molar-refractivity contribution in [1.29, 1.82) is 0 Å². The van der Waals surface area contributed by atoms with Gasteiger partial charge in [0.2, 0.25) is 0 Å². The number of aromatic carboxylic acids is 1. The van der Waals surface area contributed by atoms with Crippen LogP contribution in [0.1, 0.15) is 20.9 Å². The molecule has 0 spiro atoms. The highest BCUT2D eigenvalue weighted by molar-refractivity contribution is 7.09. The number of hydrogen-bond acceptors (Lipinski definition) is 5. The molecule has 2 aromatic carbocycles. The number of para-hydroxylation sites is 1. The van der Waals surface area contributed by atoms with Crippen LogP contribution in [0.4, 0.5) is 0 Å². The maximum absolute atomic E-state index is 11.0. The number of carboxylic acids is 1. The molecule has 0 aliphatic rings. The van der Waals surface area contributed by atoms with E-state index in [1.807, 2.05) is 60.0 Å². The maximum Gasteiger partial charge on any atom is 0.338 e. The van der Waals surface area contributed by atoms with Gasteiger partial charge in [-0.2, -0.15) is 5.10 Å². The molecule has 0 radical (unpaired) electrons. The summed E-state index contributed by atoms with van der Waals surface area (Å²) in [7, 11) is 0. The monoisotopic (exact) mass is 391 g/mol. The van der Waals surface area contributed by atoms with Gasteiger partial charge in [-0.3, -0.25) is 4.68 Å². The van der Waals surface area contributed by atoms with Crippen molar-refractivity contribution in [3.05, 3.63) is 88.5 Å². The molecule has 0 saturated heterocycles. The first-order valence-corrected chi connectivity index (χ1v) is 9.53. The van der Waals surface area contributed by atoms with Crippen molar-refractivity contribution < 1.29 is 14.6 Å². The van der Waals surface area contributed by atoms with Crippen molar-refractivity contribution in [2.24, 2.45) is 0 Å². The number of thiazole rings is 1. The van der Waals surface area contributed by atoms with E-state index >= 15 is 0 Å². The second kappa shape index (κ2) is 8.06. The van der Waals surface area contributed by atoms with Gasteiger partial charge in [-0.25, -0.2) is 9.78 Å². The lowest BCUT2D eigenvalue weighted by Gasteiger charge is -2.10. The van der Waals surface area contributed by atoms with Crippen LogP contribution in [0.15, 0.2) is 72.4 Å². The molecule has 4 rings (SSSR count). The molecule has 4 aromatic rings. The van der Waals surface area contributed by atoms with Crippen LogP contribution >= 0.6 is 11.3 Å². The first-order chi connectivity index (χ1) is 13.7. The number of rotatable bonds is 7. The van der Waals surface area contributed by atoms with Gasteiger partial charge in [0.05, 0.1) is 24.0 Å². The number of aromatic nitrogens is 3. The van der Waals surface area contributed by atoms with Crippen molar-refractivity contribution in [2.45, 2.75) is 13.2 Å². The van der Waals surface area contributed by atoms with Crippen molar-refractivity contribution in [1.82, 2.24) is 14.8 Å². The second-order valence-corrected chi connectivity index (χ2v) is 7.07. The van der Waals surface area contributed by atoms with Gasteiger partial charge in [0.1, 0.15) is 17.4 Å². The standard InChI is InChI=1S/C21H17N3O3S/c25-21(26)16-10-22-24(11-16)12-20-23-18(14-28-20)17-8-4-5-9-19(17)27-13-15-6-2-1-3-7-15/h1-11,14H,12-13H2,(H,25,26). The Morgan fingerprint density at radius 3 is 2.68 bits per heavy atom. The van der Waals surface area contributed by atoms with Gasteiger partial charge in [0.15, 0.2) is 0 Å². The molecular formula is C21H17N3O3S. The third-order valence-corrected chi connectivity index (χ3v) is 4.96. The van der Waals surface area contributed by atoms with Crippen LogP contribution in [-0.2, 0) is 13.2 Å². The highest BCUT2D eigenvalue weighted by atomic mass is 32.1.